The van der Waals surface area contributed by atoms with Crippen LogP contribution in [0.15, 0.2) is 29.5 Å². The summed E-state index contributed by atoms with van der Waals surface area (Å²) < 4.78 is 5.44. The summed E-state index contributed by atoms with van der Waals surface area (Å²) in [5.74, 6) is 0.566. The van der Waals surface area contributed by atoms with Crippen molar-refractivity contribution < 1.29 is 9.60 Å². The van der Waals surface area contributed by atoms with Gasteiger partial charge >= 0.3 is 0 Å². The van der Waals surface area contributed by atoms with Crippen molar-refractivity contribution in [1.82, 2.24) is 5.01 Å². The fourth-order valence-corrected chi connectivity index (χ4v) is 1.77. The maximum atomic E-state index is 12.1. The zero-order valence-corrected chi connectivity index (χ0v) is 12.0. The Morgan fingerprint density at radius 1 is 1.16 bits per heavy atom. The third kappa shape index (κ3) is 4.77. The van der Waals surface area contributed by atoms with Crippen LogP contribution in [-0.2, 0) is 0 Å². The number of ether oxygens (including phenoxy) is 1. The molecule has 0 aliphatic heterocycles. The van der Waals surface area contributed by atoms with Crippen molar-refractivity contribution in [3.8, 4) is 5.75 Å². The topological polar surface area (TPSA) is 50.9 Å². The Kier molecular flexibility index (Phi) is 6.71. The Bertz CT molecular complexity index is 401. The first-order valence-electron chi connectivity index (χ1n) is 6.88. The summed E-state index contributed by atoms with van der Waals surface area (Å²) in [6.45, 7) is 8.12. The van der Waals surface area contributed by atoms with Crippen LogP contribution < -0.4 is 4.74 Å². The molecule has 106 valence electrons. The fraction of sp³-hybridized carbons (Fsp3) is 0.571. The lowest BCUT2D eigenvalue weighted by Gasteiger charge is -2.15. The van der Waals surface area contributed by atoms with E-state index in [1.807, 2.05) is 19.1 Å². The molecular weight excluding hydrogens is 242 g/mol. The summed E-state index contributed by atoms with van der Waals surface area (Å²) in [5.41, 5.74) is 0.446. The number of hydrogen-bond donors (Lipinski definition) is 0. The van der Waals surface area contributed by atoms with E-state index in [0.717, 1.165) is 25.9 Å². The molecular formula is C14H23N3O2. The molecule has 5 heteroatoms. The maximum Gasteiger partial charge on any atom is 0.195 e. The Labute approximate surface area is 115 Å². The van der Waals surface area contributed by atoms with E-state index in [1.54, 1.807) is 17.1 Å². The highest BCUT2D eigenvalue weighted by Gasteiger charge is 2.11. The molecule has 0 saturated heterocycles. The molecule has 0 spiro atoms. The van der Waals surface area contributed by atoms with Crippen LogP contribution in [0.1, 0.15) is 33.6 Å². The second kappa shape index (κ2) is 8.34. The van der Waals surface area contributed by atoms with Crippen LogP contribution in [0.5, 0.6) is 5.75 Å². The van der Waals surface area contributed by atoms with Crippen LogP contribution in [0.2, 0.25) is 0 Å². The van der Waals surface area contributed by atoms with Crippen molar-refractivity contribution >= 4 is 5.69 Å². The van der Waals surface area contributed by atoms with Crippen molar-refractivity contribution in [2.75, 3.05) is 19.7 Å². The average molecular weight is 265 g/mol. The second-order valence-electron chi connectivity index (χ2n) is 4.22. The smallest absolute Gasteiger partial charge is 0.195 e. The van der Waals surface area contributed by atoms with E-state index >= 15 is 0 Å². The van der Waals surface area contributed by atoms with Crippen molar-refractivity contribution in [2.45, 2.75) is 33.6 Å². The average Bonchev–Trinajstić information content (AvgIpc) is 2.40. The highest BCUT2D eigenvalue weighted by Crippen LogP contribution is 2.26. The third-order valence-corrected chi connectivity index (χ3v) is 2.54. The van der Waals surface area contributed by atoms with Crippen molar-refractivity contribution in [2.24, 2.45) is 5.22 Å². The number of benzene rings is 1. The number of para-hydroxylation sites is 2. The van der Waals surface area contributed by atoms with Gasteiger partial charge in [-0.2, -0.15) is 5.01 Å². The Hall–Kier alpha value is -1.78. The number of rotatable bonds is 8. The van der Waals surface area contributed by atoms with Gasteiger partial charge in [-0.05, 0) is 31.9 Å². The van der Waals surface area contributed by atoms with Crippen molar-refractivity contribution in [3.05, 3.63) is 29.5 Å². The molecule has 0 heterocycles. The van der Waals surface area contributed by atoms with Crippen molar-refractivity contribution in [3.63, 3.8) is 0 Å². The first kappa shape index (κ1) is 15.3. The molecule has 0 saturated carbocycles. The van der Waals surface area contributed by atoms with Gasteiger partial charge in [-0.3, -0.25) is 0 Å². The van der Waals surface area contributed by atoms with E-state index in [-0.39, 0.29) is 0 Å². The van der Waals surface area contributed by atoms with Crippen molar-refractivity contribution in [1.29, 1.82) is 0 Å². The van der Waals surface area contributed by atoms with Gasteiger partial charge in [-0.25, -0.2) is 0 Å². The first-order valence-corrected chi connectivity index (χ1v) is 6.88. The molecule has 0 unspecified atom stereocenters. The van der Waals surface area contributed by atoms with Gasteiger partial charge in [0, 0.05) is 0 Å². The summed E-state index contributed by atoms with van der Waals surface area (Å²) >= 11 is 0. The number of nitrogens with zero attached hydrogens (tertiary/aromatic N) is 3. The molecule has 19 heavy (non-hydrogen) atoms. The van der Waals surface area contributed by atoms with Gasteiger partial charge in [-0.15, -0.1) is 4.86 Å². The molecule has 0 bridgehead atoms. The minimum Gasteiger partial charge on any atom is -0.691 e. The normalized spacial score (nSPS) is 11.4. The largest absolute Gasteiger partial charge is 0.691 e. The van der Waals surface area contributed by atoms with Gasteiger partial charge in [0.25, 0.3) is 0 Å². The molecule has 0 N–H and O–H groups in total. The Morgan fingerprint density at radius 3 is 2.37 bits per heavy atom. The molecule has 0 fully saturated rings. The summed E-state index contributed by atoms with van der Waals surface area (Å²) in [4.78, 5) is 0.649. The molecule has 1 aromatic rings. The molecule has 0 radical (unpaired) electrons. The van der Waals surface area contributed by atoms with Gasteiger partial charge in [0.2, 0.25) is 0 Å². The van der Waals surface area contributed by atoms with Gasteiger partial charge in [0.1, 0.15) is 13.1 Å². The minimum absolute atomic E-state index is 0.446. The lowest BCUT2D eigenvalue weighted by molar-refractivity contribution is -0.462. The van der Waals surface area contributed by atoms with Gasteiger partial charge < -0.3 is 9.94 Å². The minimum atomic E-state index is 0.446. The molecule has 1 rings (SSSR count). The van der Waals surface area contributed by atoms with Crippen LogP contribution >= 0.6 is 0 Å². The van der Waals surface area contributed by atoms with Crippen LogP contribution in [-0.4, -0.2) is 29.6 Å². The van der Waals surface area contributed by atoms with Crippen LogP contribution in [0.25, 0.3) is 0 Å². The molecule has 5 nitrogen and oxygen atoms in total. The van der Waals surface area contributed by atoms with Crippen LogP contribution in [0.3, 0.4) is 0 Å². The van der Waals surface area contributed by atoms with E-state index in [1.165, 1.54) is 0 Å². The molecule has 1 aromatic carbocycles. The summed E-state index contributed by atoms with van der Waals surface area (Å²) in [6.07, 6.45) is 1.93. The summed E-state index contributed by atoms with van der Waals surface area (Å²) in [7, 11) is 0. The third-order valence-electron chi connectivity index (χ3n) is 2.54. The highest BCUT2D eigenvalue weighted by molar-refractivity contribution is 5.45. The quantitative estimate of drug-likeness (QED) is 0.409. The molecule has 0 amide bonds. The maximum absolute atomic E-state index is 12.1. The predicted molar refractivity (Wildman–Crippen MR) is 75.5 cm³/mol. The van der Waals surface area contributed by atoms with E-state index in [9.17, 15) is 5.21 Å². The van der Waals surface area contributed by atoms with Gasteiger partial charge in [0.15, 0.2) is 11.4 Å². The monoisotopic (exact) mass is 265 g/mol. The first-order chi connectivity index (χ1) is 9.22. The lowest BCUT2D eigenvalue weighted by Crippen LogP contribution is -2.21. The van der Waals surface area contributed by atoms with Crippen LogP contribution in [0.4, 0.5) is 5.69 Å². The van der Waals surface area contributed by atoms with Gasteiger partial charge in [0.05, 0.1) is 11.8 Å². The summed E-state index contributed by atoms with van der Waals surface area (Å²) in [5, 5.41) is 18.0. The van der Waals surface area contributed by atoms with E-state index in [0.29, 0.717) is 22.9 Å². The molecule has 0 aliphatic rings. The highest BCUT2D eigenvalue weighted by atomic mass is 16.5. The molecule has 0 aliphatic carbocycles. The van der Waals surface area contributed by atoms with E-state index < -0.39 is 0 Å². The Morgan fingerprint density at radius 2 is 1.79 bits per heavy atom. The van der Waals surface area contributed by atoms with Crippen LogP contribution in [0, 0.1) is 5.21 Å². The summed E-state index contributed by atoms with van der Waals surface area (Å²) in [6, 6.07) is 7.15. The lowest BCUT2D eigenvalue weighted by atomic mass is 10.3. The predicted octanol–water partition coefficient (Wildman–Crippen LogP) is 3.72. The standard InChI is InChI=1S/C14H23N3O2/c1-4-11-16(12-5-2)15-17(18)13-9-7-8-10-14(13)19-6-3/h7-10H,4-6,11-12H2,1-3H3/b17-15-. The zero-order valence-electron chi connectivity index (χ0n) is 12.0. The Balaban J connectivity index is 2.93. The molecule has 0 aromatic heterocycles. The zero-order chi connectivity index (χ0) is 14.1. The fourth-order valence-electron chi connectivity index (χ4n) is 1.77. The second-order valence-corrected chi connectivity index (χ2v) is 4.22. The SMILES string of the molecule is CCCN(CCC)/N=[N+](\[O-])c1ccccc1OCC. The van der Waals surface area contributed by atoms with E-state index in [2.05, 4.69) is 19.1 Å². The van der Waals surface area contributed by atoms with E-state index in [4.69, 9.17) is 4.74 Å². The number of hydrogen-bond acceptors (Lipinski definition) is 3. The van der Waals surface area contributed by atoms with Gasteiger partial charge in [-0.1, -0.05) is 26.0 Å². The molecule has 0 atom stereocenters.